The molecule has 0 aromatic carbocycles. The summed E-state index contributed by atoms with van der Waals surface area (Å²) in [6, 6.07) is 0.302. The minimum absolute atomic E-state index is 0.302. The first kappa shape index (κ1) is 16.2. The summed E-state index contributed by atoms with van der Waals surface area (Å²) in [6.07, 6.45) is 4.80. The zero-order valence-electron chi connectivity index (χ0n) is 13.0. The van der Waals surface area contributed by atoms with E-state index in [1.807, 2.05) is 0 Å². The van der Waals surface area contributed by atoms with E-state index in [4.69, 9.17) is 5.73 Å². The van der Waals surface area contributed by atoms with Crippen molar-refractivity contribution < 1.29 is 8.42 Å². The van der Waals surface area contributed by atoms with Crippen molar-refractivity contribution in [3.05, 3.63) is 0 Å². The van der Waals surface area contributed by atoms with Gasteiger partial charge in [-0.05, 0) is 30.6 Å². The van der Waals surface area contributed by atoms with Gasteiger partial charge in [0.15, 0.2) is 0 Å². The zero-order chi connectivity index (χ0) is 15.0. The van der Waals surface area contributed by atoms with Crippen molar-refractivity contribution in [3.8, 4) is 0 Å². The Morgan fingerprint density at radius 1 is 1.20 bits per heavy atom. The number of rotatable bonds is 3. The van der Waals surface area contributed by atoms with Crippen molar-refractivity contribution >= 4 is 10.0 Å². The quantitative estimate of drug-likeness (QED) is 0.834. The highest BCUT2D eigenvalue weighted by molar-refractivity contribution is 7.88. The van der Waals surface area contributed by atoms with Crippen LogP contribution < -0.4 is 5.73 Å². The van der Waals surface area contributed by atoms with Crippen molar-refractivity contribution in [1.82, 2.24) is 9.21 Å². The molecule has 0 amide bonds. The molecule has 0 aromatic heterocycles. The van der Waals surface area contributed by atoms with Crippen LogP contribution in [-0.2, 0) is 10.0 Å². The fraction of sp³-hybridized carbons (Fsp3) is 1.00. The molecule has 2 unspecified atom stereocenters. The van der Waals surface area contributed by atoms with Gasteiger partial charge in [0, 0.05) is 38.8 Å². The van der Waals surface area contributed by atoms with Crippen LogP contribution in [-0.4, -0.2) is 62.6 Å². The second-order valence-electron chi connectivity index (χ2n) is 7.29. The second kappa shape index (κ2) is 5.91. The lowest BCUT2D eigenvalue weighted by atomic mass is 9.70. The molecule has 1 aliphatic carbocycles. The van der Waals surface area contributed by atoms with E-state index >= 15 is 0 Å². The Labute approximate surface area is 123 Å². The average molecular weight is 303 g/mol. The molecule has 0 bridgehead atoms. The molecular weight excluding hydrogens is 274 g/mol. The van der Waals surface area contributed by atoms with Gasteiger partial charge in [-0.25, -0.2) is 8.42 Å². The molecule has 118 valence electrons. The normalized spacial score (nSPS) is 33.2. The molecule has 5 nitrogen and oxygen atoms in total. The van der Waals surface area contributed by atoms with Gasteiger partial charge < -0.3 is 10.6 Å². The van der Waals surface area contributed by atoms with Gasteiger partial charge in [-0.1, -0.05) is 13.8 Å². The largest absolute Gasteiger partial charge is 0.327 e. The van der Waals surface area contributed by atoms with Crippen LogP contribution in [0.2, 0.25) is 0 Å². The maximum absolute atomic E-state index is 11.5. The highest BCUT2D eigenvalue weighted by atomic mass is 32.2. The van der Waals surface area contributed by atoms with Crippen LogP contribution in [0.5, 0.6) is 0 Å². The van der Waals surface area contributed by atoms with E-state index in [0.29, 0.717) is 30.5 Å². The molecule has 0 radical (unpaired) electrons. The Hall–Kier alpha value is -0.170. The van der Waals surface area contributed by atoms with Gasteiger partial charge in [0.05, 0.1) is 6.26 Å². The standard InChI is InChI=1S/C14H29N3O2S/c1-14(2)5-4-13(15)12(10-14)11-16-6-8-17(9-7-16)20(3,18)19/h12-13H,4-11,15H2,1-3H3. The van der Waals surface area contributed by atoms with Crippen LogP contribution in [0.3, 0.4) is 0 Å². The van der Waals surface area contributed by atoms with Gasteiger partial charge in [0.2, 0.25) is 10.0 Å². The van der Waals surface area contributed by atoms with E-state index in [1.54, 1.807) is 4.31 Å². The van der Waals surface area contributed by atoms with E-state index in [2.05, 4.69) is 18.7 Å². The summed E-state index contributed by atoms with van der Waals surface area (Å²) in [4.78, 5) is 2.38. The molecule has 1 saturated carbocycles. The molecule has 2 N–H and O–H groups in total. The Morgan fingerprint density at radius 2 is 1.80 bits per heavy atom. The Bertz CT molecular complexity index is 428. The number of nitrogens with zero attached hydrogens (tertiary/aromatic N) is 2. The highest BCUT2D eigenvalue weighted by Crippen LogP contribution is 2.38. The number of hydrogen-bond donors (Lipinski definition) is 1. The smallest absolute Gasteiger partial charge is 0.211 e. The van der Waals surface area contributed by atoms with E-state index in [-0.39, 0.29) is 0 Å². The Morgan fingerprint density at radius 3 is 2.35 bits per heavy atom. The van der Waals surface area contributed by atoms with E-state index in [0.717, 1.165) is 26.1 Å². The molecule has 6 heteroatoms. The second-order valence-corrected chi connectivity index (χ2v) is 9.28. The maximum Gasteiger partial charge on any atom is 0.211 e. The lowest BCUT2D eigenvalue weighted by Gasteiger charge is -2.42. The summed E-state index contributed by atoms with van der Waals surface area (Å²) < 4.78 is 24.6. The van der Waals surface area contributed by atoms with Gasteiger partial charge in [-0.3, -0.25) is 0 Å². The molecule has 1 aliphatic heterocycles. The molecule has 2 aliphatic rings. The summed E-state index contributed by atoms with van der Waals surface area (Å²) in [6.45, 7) is 8.56. The maximum atomic E-state index is 11.5. The summed E-state index contributed by atoms with van der Waals surface area (Å²) in [5.41, 5.74) is 6.68. The van der Waals surface area contributed by atoms with Crippen LogP contribution >= 0.6 is 0 Å². The molecule has 2 fully saturated rings. The minimum Gasteiger partial charge on any atom is -0.327 e. The molecule has 0 aromatic rings. The predicted octanol–water partition coefficient (Wildman–Crippen LogP) is 0.717. The Kier molecular flexibility index (Phi) is 4.79. The topological polar surface area (TPSA) is 66.6 Å². The first-order valence-electron chi connectivity index (χ1n) is 7.60. The van der Waals surface area contributed by atoms with E-state index in [9.17, 15) is 8.42 Å². The monoisotopic (exact) mass is 303 g/mol. The van der Waals surface area contributed by atoms with Crippen molar-refractivity contribution in [2.75, 3.05) is 39.0 Å². The van der Waals surface area contributed by atoms with Crippen molar-refractivity contribution in [2.24, 2.45) is 17.1 Å². The Balaban J connectivity index is 1.86. The molecule has 1 heterocycles. The van der Waals surface area contributed by atoms with Crippen LogP contribution in [0, 0.1) is 11.3 Å². The molecule has 2 atom stereocenters. The summed E-state index contributed by atoms with van der Waals surface area (Å²) >= 11 is 0. The number of piperazine rings is 1. The van der Waals surface area contributed by atoms with Gasteiger partial charge in [-0.2, -0.15) is 4.31 Å². The third kappa shape index (κ3) is 4.16. The molecular formula is C14H29N3O2S. The molecule has 0 spiro atoms. The highest BCUT2D eigenvalue weighted by Gasteiger charge is 2.34. The van der Waals surface area contributed by atoms with Crippen molar-refractivity contribution in [2.45, 2.75) is 39.2 Å². The molecule has 1 saturated heterocycles. The van der Waals surface area contributed by atoms with Crippen LogP contribution in [0.4, 0.5) is 0 Å². The molecule has 2 rings (SSSR count). The fourth-order valence-electron chi connectivity index (χ4n) is 3.53. The fourth-order valence-corrected chi connectivity index (χ4v) is 4.36. The summed E-state index contributed by atoms with van der Waals surface area (Å²) in [5.74, 6) is 0.545. The third-order valence-electron chi connectivity index (χ3n) is 4.87. The van der Waals surface area contributed by atoms with E-state index < -0.39 is 10.0 Å². The van der Waals surface area contributed by atoms with Crippen molar-refractivity contribution in [3.63, 3.8) is 0 Å². The van der Waals surface area contributed by atoms with Gasteiger partial charge in [0.25, 0.3) is 0 Å². The van der Waals surface area contributed by atoms with Gasteiger partial charge >= 0.3 is 0 Å². The lowest BCUT2D eigenvalue weighted by Crippen LogP contribution is -2.52. The van der Waals surface area contributed by atoms with Crippen LogP contribution in [0.1, 0.15) is 33.1 Å². The van der Waals surface area contributed by atoms with Gasteiger partial charge in [-0.15, -0.1) is 0 Å². The predicted molar refractivity (Wildman–Crippen MR) is 82.0 cm³/mol. The number of sulfonamides is 1. The van der Waals surface area contributed by atoms with Crippen molar-refractivity contribution in [1.29, 1.82) is 0 Å². The van der Waals surface area contributed by atoms with Gasteiger partial charge in [0.1, 0.15) is 0 Å². The minimum atomic E-state index is -3.03. The summed E-state index contributed by atoms with van der Waals surface area (Å²) in [7, 11) is -3.03. The number of nitrogens with two attached hydrogens (primary N) is 1. The zero-order valence-corrected chi connectivity index (χ0v) is 13.8. The molecule has 20 heavy (non-hydrogen) atoms. The van der Waals surface area contributed by atoms with Crippen LogP contribution in [0.25, 0.3) is 0 Å². The van der Waals surface area contributed by atoms with Crippen LogP contribution in [0.15, 0.2) is 0 Å². The lowest BCUT2D eigenvalue weighted by molar-refractivity contribution is 0.0972. The SMILES string of the molecule is CC1(C)CCC(N)C(CN2CCN(S(C)(=O)=O)CC2)C1. The first-order valence-corrected chi connectivity index (χ1v) is 9.45. The average Bonchev–Trinajstić information content (AvgIpc) is 2.33. The third-order valence-corrected chi connectivity index (χ3v) is 6.17. The first-order chi connectivity index (χ1) is 9.17. The number of hydrogen-bond acceptors (Lipinski definition) is 4. The van der Waals surface area contributed by atoms with E-state index in [1.165, 1.54) is 19.1 Å². The summed E-state index contributed by atoms with van der Waals surface area (Å²) in [5, 5.41) is 0.